The fourth-order valence-electron chi connectivity index (χ4n) is 1.62. The molecule has 100 valence electrons. The van der Waals surface area contributed by atoms with Gasteiger partial charge in [-0.1, -0.05) is 13.8 Å². The average Bonchev–Trinajstić information content (AvgIpc) is 2.61. The largest absolute Gasteiger partial charge is 0.444 e. The first-order valence-electron chi connectivity index (χ1n) is 6.01. The quantitative estimate of drug-likeness (QED) is 0.828. The van der Waals surface area contributed by atoms with E-state index in [-0.39, 0.29) is 17.4 Å². The predicted octanol–water partition coefficient (Wildman–Crippen LogP) is 2.31. The number of hydrogen-bond acceptors (Lipinski definition) is 4. The molecule has 0 aromatic rings. The second-order valence-electron chi connectivity index (χ2n) is 5.67. The van der Waals surface area contributed by atoms with Crippen molar-refractivity contribution < 1.29 is 14.6 Å². The number of carbonyl (C=O) groups is 1. The molecule has 1 rings (SSSR count). The predicted molar refractivity (Wildman–Crippen MR) is 70.0 cm³/mol. The first-order chi connectivity index (χ1) is 7.72. The van der Waals surface area contributed by atoms with Crippen LogP contribution in [0.2, 0.25) is 0 Å². The van der Waals surface area contributed by atoms with Crippen LogP contribution in [-0.4, -0.2) is 45.5 Å². The Kier molecular flexibility index (Phi) is 4.72. The molecule has 0 spiro atoms. The zero-order chi connectivity index (χ0) is 13.2. The van der Waals surface area contributed by atoms with Crippen molar-refractivity contribution in [1.29, 1.82) is 0 Å². The van der Waals surface area contributed by atoms with Crippen molar-refractivity contribution in [2.45, 2.75) is 51.7 Å². The van der Waals surface area contributed by atoms with E-state index >= 15 is 0 Å². The van der Waals surface area contributed by atoms with Gasteiger partial charge in [-0.15, -0.1) is 11.8 Å². The third-order valence-electron chi connectivity index (χ3n) is 2.53. The molecule has 4 nitrogen and oxygen atoms in total. The summed E-state index contributed by atoms with van der Waals surface area (Å²) in [4.78, 5) is 13.6. The smallest absolute Gasteiger partial charge is 0.411 e. The summed E-state index contributed by atoms with van der Waals surface area (Å²) in [6, 6.07) is 0. The second kappa shape index (κ2) is 5.48. The number of ether oxygens (including phenoxy) is 1. The Labute approximate surface area is 108 Å². The van der Waals surface area contributed by atoms with E-state index < -0.39 is 11.7 Å². The van der Waals surface area contributed by atoms with E-state index in [0.29, 0.717) is 6.54 Å². The van der Waals surface area contributed by atoms with Gasteiger partial charge in [0.25, 0.3) is 0 Å². The van der Waals surface area contributed by atoms with Crippen LogP contribution >= 0.6 is 11.8 Å². The lowest BCUT2D eigenvalue weighted by Gasteiger charge is -2.31. The third-order valence-corrected chi connectivity index (χ3v) is 3.82. The number of carbonyl (C=O) groups excluding carboxylic acids is 1. The van der Waals surface area contributed by atoms with Crippen LogP contribution in [0.5, 0.6) is 0 Å². The highest BCUT2D eigenvalue weighted by Gasteiger charge is 2.37. The number of aliphatic hydroxyl groups excluding tert-OH is 1. The summed E-state index contributed by atoms with van der Waals surface area (Å²) >= 11 is 1.62. The summed E-state index contributed by atoms with van der Waals surface area (Å²) in [5.41, 5.74) is -0.488. The van der Waals surface area contributed by atoms with E-state index in [1.807, 2.05) is 34.6 Å². The molecule has 0 unspecified atom stereocenters. The van der Waals surface area contributed by atoms with E-state index in [1.54, 1.807) is 16.7 Å². The molecule has 0 aliphatic carbocycles. The van der Waals surface area contributed by atoms with Crippen molar-refractivity contribution in [2.75, 3.05) is 12.3 Å². The zero-order valence-electron chi connectivity index (χ0n) is 11.3. The molecule has 2 atom stereocenters. The highest BCUT2D eigenvalue weighted by Crippen LogP contribution is 2.30. The minimum absolute atomic E-state index is 0.135. The molecule has 0 radical (unpaired) electrons. The number of hydrogen-bond donors (Lipinski definition) is 1. The molecule has 1 N–H and O–H groups in total. The number of aliphatic hydroxyl groups is 1. The first-order valence-corrected chi connectivity index (χ1v) is 7.06. The first kappa shape index (κ1) is 14.6. The summed E-state index contributed by atoms with van der Waals surface area (Å²) in [7, 11) is 0. The summed E-state index contributed by atoms with van der Waals surface area (Å²) in [5, 5.41) is 9.90. The Morgan fingerprint density at radius 2 is 2.06 bits per heavy atom. The minimum Gasteiger partial charge on any atom is -0.444 e. The lowest BCUT2D eigenvalue weighted by molar-refractivity contribution is 0.00743. The Balaban J connectivity index is 2.66. The van der Waals surface area contributed by atoms with E-state index in [2.05, 4.69) is 0 Å². The molecular formula is C12H23NO3S. The molecular weight excluding hydrogens is 238 g/mol. The molecule has 5 heteroatoms. The lowest BCUT2D eigenvalue weighted by atomic mass is 10.1. The van der Waals surface area contributed by atoms with Crippen molar-refractivity contribution in [3.05, 3.63) is 0 Å². The number of amides is 1. The standard InChI is InChI=1S/C12H23NO3S/c1-8(2)9(14)10-13(6-7-17-10)11(15)16-12(3,4)5/h8-10,14H,6-7H2,1-5H3/t9-,10-/m0/s1. The van der Waals surface area contributed by atoms with E-state index in [9.17, 15) is 9.90 Å². The van der Waals surface area contributed by atoms with Crippen LogP contribution in [0.3, 0.4) is 0 Å². The summed E-state index contributed by atoms with van der Waals surface area (Å²) in [5.74, 6) is 0.990. The van der Waals surface area contributed by atoms with Gasteiger partial charge < -0.3 is 9.84 Å². The van der Waals surface area contributed by atoms with Crippen LogP contribution < -0.4 is 0 Å². The second-order valence-corrected chi connectivity index (χ2v) is 6.89. The van der Waals surface area contributed by atoms with Crippen LogP contribution in [0.15, 0.2) is 0 Å². The fourth-order valence-corrected chi connectivity index (χ4v) is 3.04. The molecule has 1 heterocycles. The van der Waals surface area contributed by atoms with Crippen molar-refractivity contribution in [1.82, 2.24) is 4.90 Å². The van der Waals surface area contributed by atoms with E-state index in [0.717, 1.165) is 5.75 Å². The SMILES string of the molecule is CC(C)[C@H](O)[C@@H]1SCCN1C(=O)OC(C)(C)C. The maximum atomic E-state index is 12.0. The van der Waals surface area contributed by atoms with Gasteiger partial charge in [-0.3, -0.25) is 4.90 Å². The van der Waals surface area contributed by atoms with Gasteiger partial charge in [-0.25, -0.2) is 4.79 Å². The average molecular weight is 261 g/mol. The van der Waals surface area contributed by atoms with Gasteiger partial charge in [0.05, 0.1) is 6.10 Å². The molecule has 0 aromatic heterocycles. The number of nitrogens with zero attached hydrogens (tertiary/aromatic N) is 1. The summed E-state index contributed by atoms with van der Waals surface area (Å²) in [6.45, 7) is 10.1. The van der Waals surface area contributed by atoms with Crippen molar-refractivity contribution in [2.24, 2.45) is 5.92 Å². The van der Waals surface area contributed by atoms with Gasteiger partial charge in [0.1, 0.15) is 11.0 Å². The molecule has 17 heavy (non-hydrogen) atoms. The van der Waals surface area contributed by atoms with Gasteiger partial charge in [-0.05, 0) is 26.7 Å². The Morgan fingerprint density at radius 1 is 1.47 bits per heavy atom. The molecule has 0 bridgehead atoms. The fraction of sp³-hybridized carbons (Fsp3) is 0.917. The zero-order valence-corrected chi connectivity index (χ0v) is 12.1. The van der Waals surface area contributed by atoms with Gasteiger partial charge >= 0.3 is 6.09 Å². The van der Waals surface area contributed by atoms with E-state index in [4.69, 9.17) is 4.74 Å². The summed E-state index contributed by atoms with van der Waals surface area (Å²) < 4.78 is 5.34. The molecule has 0 aromatic carbocycles. The summed E-state index contributed by atoms with van der Waals surface area (Å²) in [6.07, 6.45) is -0.831. The van der Waals surface area contributed by atoms with Gasteiger partial charge in [0.2, 0.25) is 0 Å². The van der Waals surface area contributed by atoms with Crippen LogP contribution in [0.1, 0.15) is 34.6 Å². The Morgan fingerprint density at radius 3 is 2.53 bits per heavy atom. The lowest BCUT2D eigenvalue weighted by Crippen LogP contribution is -2.45. The van der Waals surface area contributed by atoms with Crippen LogP contribution in [0.4, 0.5) is 4.79 Å². The monoisotopic (exact) mass is 261 g/mol. The van der Waals surface area contributed by atoms with Crippen molar-refractivity contribution in [3.8, 4) is 0 Å². The maximum Gasteiger partial charge on any atom is 0.411 e. The van der Waals surface area contributed by atoms with Crippen LogP contribution in [0, 0.1) is 5.92 Å². The molecule has 0 saturated carbocycles. The molecule has 1 saturated heterocycles. The highest BCUT2D eigenvalue weighted by atomic mass is 32.2. The van der Waals surface area contributed by atoms with Gasteiger partial charge in [0.15, 0.2) is 0 Å². The highest BCUT2D eigenvalue weighted by molar-refractivity contribution is 8.00. The molecule has 1 amide bonds. The Hall–Kier alpha value is -0.420. The van der Waals surface area contributed by atoms with Crippen molar-refractivity contribution >= 4 is 17.9 Å². The van der Waals surface area contributed by atoms with Gasteiger partial charge in [-0.2, -0.15) is 0 Å². The molecule has 1 fully saturated rings. The van der Waals surface area contributed by atoms with Crippen LogP contribution in [-0.2, 0) is 4.74 Å². The normalized spacial score (nSPS) is 23.0. The van der Waals surface area contributed by atoms with Gasteiger partial charge in [0, 0.05) is 12.3 Å². The van der Waals surface area contributed by atoms with Crippen LogP contribution in [0.25, 0.3) is 0 Å². The third kappa shape index (κ3) is 4.07. The Bertz CT molecular complexity index is 275. The van der Waals surface area contributed by atoms with E-state index in [1.165, 1.54) is 0 Å². The maximum absolute atomic E-state index is 12.0. The molecule has 1 aliphatic heterocycles. The molecule has 1 aliphatic rings. The topological polar surface area (TPSA) is 49.8 Å². The van der Waals surface area contributed by atoms with Crippen molar-refractivity contribution in [3.63, 3.8) is 0 Å². The number of thioether (sulfide) groups is 1. The number of rotatable bonds is 2. The minimum atomic E-state index is -0.505.